The first-order valence-electron chi connectivity index (χ1n) is 22.1. The lowest BCUT2D eigenvalue weighted by molar-refractivity contribution is -0.150. The highest BCUT2D eigenvalue weighted by Crippen LogP contribution is 2.60. The third-order valence-electron chi connectivity index (χ3n) is 14.9. The quantitative estimate of drug-likeness (QED) is 0.181. The molecule has 2 N–H and O–H groups in total. The van der Waals surface area contributed by atoms with Crippen LogP contribution < -0.4 is 34.7 Å². The molecule has 0 radical (unpaired) electrons. The average Bonchev–Trinajstić information content (AvgIpc) is 4.03. The molecule has 5 atom stereocenters. The smallest absolute Gasteiger partial charge is 0.264 e. The maximum atomic E-state index is 15.5. The Morgan fingerprint density at radius 1 is 0.887 bits per heavy atom. The van der Waals surface area contributed by atoms with Crippen LogP contribution in [0.15, 0.2) is 97.1 Å². The van der Waals surface area contributed by atoms with Gasteiger partial charge in [-0.25, -0.2) is 0 Å². The molecule has 0 saturated carbocycles. The van der Waals surface area contributed by atoms with Crippen LogP contribution in [0.2, 0.25) is 18.6 Å². The van der Waals surface area contributed by atoms with Crippen molar-refractivity contribution in [2.24, 2.45) is 5.92 Å². The molecule has 4 saturated heterocycles. The zero-order valence-electron chi connectivity index (χ0n) is 36.5. The van der Waals surface area contributed by atoms with Crippen LogP contribution in [-0.4, -0.2) is 101 Å². The number of piperidine rings is 1. The Morgan fingerprint density at radius 3 is 2.26 bits per heavy atom. The number of aliphatic hydroxyl groups excluding tert-OH is 1. The fraction of sp³-hybridized carbons (Fsp3) is 0.449. The number of methoxy groups -OCH3 is 2. The van der Waals surface area contributed by atoms with Crippen molar-refractivity contribution in [1.29, 1.82) is 0 Å². The first-order chi connectivity index (χ1) is 30.0. The van der Waals surface area contributed by atoms with Crippen LogP contribution in [0.3, 0.4) is 0 Å². The van der Waals surface area contributed by atoms with Crippen LogP contribution in [-0.2, 0) is 31.3 Å². The third kappa shape index (κ3) is 6.79. The summed E-state index contributed by atoms with van der Waals surface area (Å²) in [5.74, 6) is 0.982. The van der Waals surface area contributed by atoms with Gasteiger partial charge < -0.3 is 39.3 Å². The number of fused-ring (bicyclic) bond motifs is 2. The Labute approximate surface area is 365 Å². The van der Waals surface area contributed by atoms with Crippen molar-refractivity contribution in [2.75, 3.05) is 61.8 Å². The number of nitrogens with one attached hydrogen (secondary N) is 1. The summed E-state index contributed by atoms with van der Waals surface area (Å²) in [5.41, 5.74) is 2.16. The van der Waals surface area contributed by atoms with E-state index in [0.29, 0.717) is 19.0 Å². The third-order valence-corrected chi connectivity index (χ3v) is 19.2. The molecule has 12 nitrogen and oxygen atoms in total. The molecule has 2 spiro atoms. The Morgan fingerprint density at radius 2 is 1.58 bits per heavy atom. The van der Waals surface area contributed by atoms with Gasteiger partial charge in [0.2, 0.25) is 5.91 Å². The maximum absolute atomic E-state index is 15.5. The van der Waals surface area contributed by atoms with Gasteiger partial charge in [-0.15, -0.1) is 0 Å². The van der Waals surface area contributed by atoms with Crippen molar-refractivity contribution in [3.8, 4) is 11.5 Å². The van der Waals surface area contributed by atoms with Gasteiger partial charge >= 0.3 is 0 Å². The van der Waals surface area contributed by atoms with Crippen LogP contribution in [0.5, 0.6) is 11.5 Å². The number of anilines is 3. The molecule has 0 aliphatic carbocycles. The average molecular weight is 858 g/mol. The monoisotopic (exact) mass is 857 g/mol. The van der Waals surface area contributed by atoms with E-state index in [1.807, 2.05) is 87.5 Å². The number of aliphatic hydroxyl groups is 1. The SMILES string of the molecule is COc1ccc([Si](C)(C)[C@H]2[C@H](CC(=O)N3CCC[C@H]3CO)O[C@@]3(C(=O)N(Cc4ccc(N5CN(c6ccccc6)C6(CCNCC6)C5=O)cc4)c4ccc(OC)cc43)[C@@H]2C)cc1. The summed E-state index contributed by atoms with van der Waals surface area (Å²) in [6.07, 6.45) is 2.64. The largest absolute Gasteiger partial charge is 0.497 e. The molecule has 62 heavy (non-hydrogen) atoms. The summed E-state index contributed by atoms with van der Waals surface area (Å²) < 4.78 is 18.6. The second kappa shape index (κ2) is 16.5. The zero-order valence-corrected chi connectivity index (χ0v) is 37.5. The Hall–Kier alpha value is -5.21. The lowest BCUT2D eigenvalue weighted by Gasteiger charge is -2.39. The molecule has 326 valence electrons. The number of hydrogen-bond acceptors (Lipinski definition) is 9. The highest BCUT2D eigenvalue weighted by atomic mass is 28.3. The van der Waals surface area contributed by atoms with E-state index in [1.165, 1.54) is 5.19 Å². The van der Waals surface area contributed by atoms with Gasteiger partial charge in [-0.05, 0) is 104 Å². The molecule has 4 aromatic carbocycles. The highest BCUT2D eigenvalue weighted by molar-refractivity contribution is 6.91. The van der Waals surface area contributed by atoms with E-state index in [2.05, 4.69) is 54.5 Å². The standard InChI is InChI=1S/C49H59N5O7Si/c1-33-45(62(4,5)40-20-17-38(59-2)18-21-40)43(29-44(56)51-27-9-12-37(51)31-55)61-49(33)41-28-39(60-3)19-22-42(41)52(47(49)58)30-34-13-15-35(16-14-34)53-32-54(36-10-7-6-8-11-36)48(46(53)57)23-25-50-26-24-48/h6-8,10-11,13-22,28,33,37,43,45,50,55H,9,12,23-27,29-32H2,1-5H3/t33-,37+,43+,45-,49+/m1/s1. The summed E-state index contributed by atoms with van der Waals surface area (Å²) in [4.78, 5) is 51.9. The number of hydrogen-bond donors (Lipinski definition) is 2. The highest BCUT2D eigenvalue weighted by Gasteiger charge is 2.67. The van der Waals surface area contributed by atoms with Gasteiger partial charge in [-0.3, -0.25) is 19.3 Å². The molecular weight excluding hydrogens is 799 g/mol. The second-order valence-corrected chi connectivity index (χ2v) is 23.0. The maximum Gasteiger partial charge on any atom is 0.264 e. The van der Waals surface area contributed by atoms with E-state index >= 15 is 4.79 Å². The van der Waals surface area contributed by atoms with E-state index in [0.717, 1.165) is 72.7 Å². The number of rotatable bonds is 11. The van der Waals surface area contributed by atoms with Crippen LogP contribution in [0.4, 0.5) is 17.1 Å². The molecule has 4 aromatic rings. The summed E-state index contributed by atoms with van der Waals surface area (Å²) in [5, 5.41) is 14.8. The molecule has 3 amide bonds. The van der Waals surface area contributed by atoms with Gasteiger partial charge in [0.15, 0.2) is 5.60 Å². The van der Waals surface area contributed by atoms with Crippen molar-refractivity contribution in [2.45, 2.75) is 87.5 Å². The van der Waals surface area contributed by atoms with E-state index in [4.69, 9.17) is 14.2 Å². The van der Waals surface area contributed by atoms with Gasteiger partial charge in [-0.2, -0.15) is 0 Å². The first kappa shape index (κ1) is 42.1. The molecular formula is C49H59N5O7Si. The Kier molecular flexibility index (Phi) is 11.2. The minimum absolute atomic E-state index is 0.0527. The van der Waals surface area contributed by atoms with Gasteiger partial charge in [0.05, 0.1) is 66.4 Å². The minimum atomic E-state index is -2.51. The summed E-state index contributed by atoms with van der Waals surface area (Å²) in [6.45, 7) is 9.58. The molecule has 13 heteroatoms. The number of likely N-dealkylation sites (tertiary alicyclic amines) is 1. The number of ether oxygens (including phenoxy) is 3. The molecule has 5 aliphatic rings. The van der Waals surface area contributed by atoms with Crippen molar-refractivity contribution < 1.29 is 33.7 Å². The lowest BCUT2D eigenvalue weighted by atomic mass is 9.82. The Bertz CT molecular complexity index is 2300. The normalized spacial score (nSPS) is 25.6. The molecule has 5 aliphatic heterocycles. The van der Waals surface area contributed by atoms with E-state index in [1.54, 1.807) is 14.2 Å². The number of carbonyl (C=O) groups excluding carboxylic acids is 3. The first-order valence-corrected chi connectivity index (χ1v) is 25.2. The molecule has 0 bridgehead atoms. The fourth-order valence-electron chi connectivity index (χ4n) is 11.6. The van der Waals surface area contributed by atoms with Crippen molar-refractivity contribution >= 4 is 48.0 Å². The lowest BCUT2D eigenvalue weighted by Crippen LogP contribution is -2.55. The van der Waals surface area contributed by atoms with E-state index in [-0.39, 0.29) is 54.8 Å². The summed E-state index contributed by atoms with van der Waals surface area (Å²) in [7, 11) is 0.769. The number of para-hydroxylation sites is 1. The van der Waals surface area contributed by atoms with E-state index in [9.17, 15) is 14.7 Å². The predicted molar refractivity (Wildman–Crippen MR) is 243 cm³/mol. The molecule has 0 unspecified atom stereocenters. The number of carbonyl (C=O) groups is 3. The van der Waals surface area contributed by atoms with Crippen LogP contribution >= 0.6 is 0 Å². The predicted octanol–water partition coefficient (Wildman–Crippen LogP) is 5.77. The molecule has 9 rings (SSSR count). The molecule has 4 fully saturated rings. The van der Waals surface area contributed by atoms with Gasteiger partial charge in [0, 0.05) is 29.4 Å². The van der Waals surface area contributed by atoms with Crippen molar-refractivity contribution in [1.82, 2.24) is 10.2 Å². The summed E-state index contributed by atoms with van der Waals surface area (Å²) >= 11 is 0. The number of nitrogens with zero attached hydrogens (tertiary/aromatic N) is 4. The van der Waals surface area contributed by atoms with E-state index < -0.39 is 25.3 Å². The zero-order chi connectivity index (χ0) is 43.4. The second-order valence-electron chi connectivity index (χ2n) is 18.3. The molecule has 5 heterocycles. The van der Waals surface area contributed by atoms with Crippen LogP contribution in [0, 0.1) is 5.92 Å². The van der Waals surface area contributed by atoms with Crippen molar-refractivity contribution in [3.63, 3.8) is 0 Å². The molecule has 0 aromatic heterocycles. The minimum Gasteiger partial charge on any atom is -0.497 e. The number of benzene rings is 4. The Balaban J connectivity index is 1.04. The number of amides is 3. The van der Waals surface area contributed by atoms with Crippen LogP contribution in [0.1, 0.15) is 50.2 Å². The summed E-state index contributed by atoms with van der Waals surface area (Å²) in [6, 6.07) is 32.0. The van der Waals surface area contributed by atoms with Gasteiger partial charge in [0.1, 0.15) is 17.0 Å². The van der Waals surface area contributed by atoms with Gasteiger partial charge in [0.25, 0.3) is 11.8 Å². The topological polar surface area (TPSA) is 124 Å². The van der Waals surface area contributed by atoms with Crippen LogP contribution in [0.25, 0.3) is 0 Å². The fourth-order valence-corrected chi connectivity index (χ4v) is 15.6. The van der Waals surface area contributed by atoms with Gasteiger partial charge in [-0.1, -0.05) is 67.7 Å². The van der Waals surface area contributed by atoms with Crippen molar-refractivity contribution in [3.05, 3.63) is 108 Å².